The SMILES string of the molecule is CCC1C2CC3CC(C2)C(C)(C)C1C3. The minimum atomic E-state index is 0.675. The summed E-state index contributed by atoms with van der Waals surface area (Å²) in [6.45, 7) is 7.54. The molecule has 4 aliphatic carbocycles. The van der Waals surface area contributed by atoms with Crippen molar-refractivity contribution in [1.29, 1.82) is 0 Å². The van der Waals surface area contributed by atoms with Gasteiger partial charge in [0, 0.05) is 0 Å². The fourth-order valence-corrected chi connectivity index (χ4v) is 5.27. The van der Waals surface area contributed by atoms with E-state index in [1.807, 2.05) is 0 Å². The Hall–Kier alpha value is 0. The van der Waals surface area contributed by atoms with E-state index in [0.29, 0.717) is 5.41 Å². The molecule has 0 aromatic rings. The van der Waals surface area contributed by atoms with E-state index in [4.69, 9.17) is 0 Å². The zero-order valence-electron chi connectivity index (χ0n) is 9.92. The van der Waals surface area contributed by atoms with Gasteiger partial charge in [-0.05, 0) is 60.7 Å². The van der Waals surface area contributed by atoms with Gasteiger partial charge in [0.1, 0.15) is 0 Å². The van der Waals surface area contributed by atoms with Gasteiger partial charge in [0.2, 0.25) is 0 Å². The fraction of sp³-hybridized carbons (Fsp3) is 1.00. The van der Waals surface area contributed by atoms with Gasteiger partial charge in [-0.15, -0.1) is 0 Å². The summed E-state index contributed by atoms with van der Waals surface area (Å²) in [5.41, 5.74) is 0.675. The third-order valence-electron chi connectivity index (χ3n) is 6.03. The van der Waals surface area contributed by atoms with E-state index in [2.05, 4.69) is 20.8 Å². The molecule has 4 bridgehead atoms. The summed E-state index contributed by atoms with van der Waals surface area (Å²) in [5, 5.41) is 0. The Morgan fingerprint density at radius 1 is 1.07 bits per heavy atom. The lowest BCUT2D eigenvalue weighted by Gasteiger charge is -2.62. The van der Waals surface area contributed by atoms with Crippen LogP contribution in [0.5, 0.6) is 0 Å². The maximum Gasteiger partial charge on any atom is -0.0295 e. The van der Waals surface area contributed by atoms with Gasteiger partial charge >= 0.3 is 0 Å². The van der Waals surface area contributed by atoms with Gasteiger partial charge in [-0.25, -0.2) is 0 Å². The van der Waals surface area contributed by atoms with Gasteiger partial charge in [0.05, 0.1) is 0 Å². The van der Waals surface area contributed by atoms with Gasteiger partial charge in [-0.1, -0.05) is 27.2 Å². The lowest BCUT2D eigenvalue weighted by atomic mass is 9.43. The van der Waals surface area contributed by atoms with E-state index >= 15 is 0 Å². The predicted molar refractivity (Wildman–Crippen MR) is 60.0 cm³/mol. The highest BCUT2D eigenvalue weighted by Crippen LogP contribution is 2.64. The molecule has 4 fully saturated rings. The van der Waals surface area contributed by atoms with Crippen LogP contribution in [0, 0.1) is 35.0 Å². The minimum Gasteiger partial charge on any atom is -0.0651 e. The van der Waals surface area contributed by atoms with Gasteiger partial charge in [0.15, 0.2) is 0 Å². The molecule has 0 saturated heterocycles. The lowest BCUT2D eigenvalue weighted by Crippen LogP contribution is -2.54. The average Bonchev–Trinajstić information content (AvgIpc) is 2.14. The van der Waals surface area contributed by atoms with Crippen LogP contribution < -0.4 is 0 Å². The summed E-state index contributed by atoms with van der Waals surface area (Å²) < 4.78 is 0. The Labute approximate surface area is 88.5 Å². The summed E-state index contributed by atoms with van der Waals surface area (Å²) in [4.78, 5) is 0. The monoisotopic (exact) mass is 192 g/mol. The first-order chi connectivity index (χ1) is 6.63. The van der Waals surface area contributed by atoms with Crippen LogP contribution in [0.3, 0.4) is 0 Å². The first-order valence-electron chi connectivity index (χ1n) is 6.63. The van der Waals surface area contributed by atoms with Crippen LogP contribution in [0.2, 0.25) is 0 Å². The molecule has 4 rings (SSSR count). The first-order valence-corrected chi connectivity index (χ1v) is 6.63. The van der Waals surface area contributed by atoms with E-state index in [-0.39, 0.29) is 0 Å². The molecule has 0 spiro atoms. The molecule has 4 aliphatic rings. The topological polar surface area (TPSA) is 0 Å². The molecule has 0 aromatic carbocycles. The van der Waals surface area contributed by atoms with Crippen molar-refractivity contribution >= 4 is 0 Å². The molecule has 0 heteroatoms. The Morgan fingerprint density at radius 3 is 2.57 bits per heavy atom. The Balaban J connectivity index is 1.95. The summed E-state index contributed by atoms with van der Waals surface area (Å²) in [6, 6.07) is 0. The highest BCUT2D eigenvalue weighted by Gasteiger charge is 2.56. The molecular formula is C14H24. The first kappa shape index (κ1) is 9.24. The predicted octanol–water partition coefficient (Wildman–Crippen LogP) is 4.10. The zero-order valence-corrected chi connectivity index (χ0v) is 9.92. The van der Waals surface area contributed by atoms with E-state index < -0.39 is 0 Å². The number of hydrogen-bond donors (Lipinski definition) is 0. The van der Waals surface area contributed by atoms with Crippen LogP contribution in [0.4, 0.5) is 0 Å². The van der Waals surface area contributed by atoms with Gasteiger partial charge < -0.3 is 0 Å². The van der Waals surface area contributed by atoms with Crippen LogP contribution in [0.25, 0.3) is 0 Å². The number of hydrogen-bond acceptors (Lipinski definition) is 0. The van der Waals surface area contributed by atoms with Crippen molar-refractivity contribution in [2.24, 2.45) is 35.0 Å². The second-order valence-corrected chi connectivity index (χ2v) is 6.77. The summed E-state index contributed by atoms with van der Waals surface area (Å²) in [6.07, 6.45) is 7.73. The Morgan fingerprint density at radius 2 is 1.86 bits per heavy atom. The molecule has 0 heterocycles. The molecule has 0 amide bonds. The molecule has 14 heavy (non-hydrogen) atoms. The van der Waals surface area contributed by atoms with Crippen molar-refractivity contribution in [3.05, 3.63) is 0 Å². The van der Waals surface area contributed by atoms with Crippen LogP contribution in [0.1, 0.15) is 52.9 Å². The smallest absolute Gasteiger partial charge is 0.0295 e. The highest BCUT2D eigenvalue weighted by molar-refractivity contribution is 5.05. The second-order valence-electron chi connectivity index (χ2n) is 6.77. The maximum absolute atomic E-state index is 2.56. The van der Waals surface area contributed by atoms with E-state index in [1.54, 1.807) is 25.7 Å². The molecule has 5 unspecified atom stereocenters. The van der Waals surface area contributed by atoms with Crippen molar-refractivity contribution in [2.45, 2.75) is 52.9 Å². The molecule has 80 valence electrons. The quantitative estimate of drug-likeness (QED) is 0.586. The molecule has 0 nitrogen and oxygen atoms in total. The molecule has 4 saturated carbocycles. The van der Waals surface area contributed by atoms with Crippen molar-refractivity contribution < 1.29 is 0 Å². The average molecular weight is 192 g/mol. The lowest BCUT2D eigenvalue weighted by molar-refractivity contribution is -0.131. The van der Waals surface area contributed by atoms with Crippen molar-refractivity contribution in [2.75, 3.05) is 0 Å². The summed E-state index contributed by atoms with van der Waals surface area (Å²) >= 11 is 0. The fourth-order valence-electron chi connectivity index (χ4n) is 5.27. The molecule has 5 atom stereocenters. The third-order valence-corrected chi connectivity index (χ3v) is 6.03. The minimum absolute atomic E-state index is 0.675. The third kappa shape index (κ3) is 1.01. The van der Waals surface area contributed by atoms with Crippen LogP contribution in [-0.4, -0.2) is 0 Å². The standard InChI is InChI=1S/C14H24/c1-4-12-10-5-9-6-11(8-10)14(2,3)13(12)7-9/h9-13H,4-8H2,1-3H3. The molecule has 0 aliphatic heterocycles. The maximum atomic E-state index is 2.56. The van der Waals surface area contributed by atoms with Crippen LogP contribution in [0.15, 0.2) is 0 Å². The molecule has 0 radical (unpaired) electrons. The Bertz CT molecular complexity index is 240. The van der Waals surface area contributed by atoms with E-state index in [1.165, 1.54) is 6.42 Å². The summed E-state index contributed by atoms with van der Waals surface area (Å²) in [7, 11) is 0. The Kier molecular flexibility index (Phi) is 1.83. The van der Waals surface area contributed by atoms with Gasteiger partial charge in [0.25, 0.3) is 0 Å². The van der Waals surface area contributed by atoms with Crippen molar-refractivity contribution in [1.82, 2.24) is 0 Å². The van der Waals surface area contributed by atoms with Gasteiger partial charge in [-0.3, -0.25) is 0 Å². The molecule has 0 aromatic heterocycles. The largest absolute Gasteiger partial charge is 0.0651 e. The molecular weight excluding hydrogens is 168 g/mol. The zero-order chi connectivity index (χ0) is 9.92. The number of rotatable bonds is 1. The van der Waals surface area contributed by atoms with Gasteiger partial charge in [-0.2, -0.15) is 0 Å². The van der Waals surface area contributed by atoms with Crippen LogP contribution in [-0.2, 0) is 0 Å². The normalized spacial score (nSPS) is 53.8. The van der Waals surface area contributed by atoms with Crippen molar-refractivity contribution in [3.8, 4) is 0 Å². The second kappa shape index (κ2) is 2.77. The van der Waals surface area contributed by atoms with Crippen molar-refractivity contribution in [3.63, 3.8) is 0 Å². The van der Waals surface area contributed by atoms with Crippen LogP contribution >= 0.6 is 0 Å². The van der Waals surface area contributed by atoms with E-state index in [9.17, 15) is 0 Å². The summed E-state index contributed by atoms with van der Waals surface area (Å²) in [5.74, 6) is 5.48. The highest BCUT2D eigenvalue weighted by atomic mass is 14.6. The van der Waals surface area contributed by atoms with E-state index in [0.717, 1.165) is 29.6 Å². The molecule has 0 N–H and O–H groups in total.